The van der Waals surface area contributed by atoms with E-state index < -0.39 is 0 Å². The van der Waals surface area contributed by atoms with Gasteiger partial charge in [0.1, 0.15) is 5.75 Å². The maximum atomic E-state index is 12.3. The molecule has 2 aromatic carbocycles. The van der Waals surface area contributed by atoms with Gasteiger partial charge >= 0.3 is 0 Å². The summed E-state index contributed by atoms with van der Waals surface area (Å²) >= 11 is 9.29. The summed E-state index contributed by atoms with van der Waals surface area (Å²) < 4.78 is 6.02. The zero-order chi connectivity index (χ0) is 14.7. The molecule has 104 valence electrons. The van der Waals surface area contributed by atoms with Gasteiger partial charge < -0.3 is 10.5 Å². The van der Waals surface area contributed by atoms with E-state index in [1.54, 1.807) is 43.5 Å². The highest BCUT2D eigenvalue weighted by Gasteiger charge is 2.12. The molecule has 2 N–H and O–H groups in total. The fourth-order valence-electron chi connectivity index (χ4n) is 1.93. The first-order chi connectivity index (χ1) is 9.49. The van der Waals surface area contributed by atoms with Crippen LogP contribution in [0.3, 0.4) is 0 Å². The Kier molecular flexibility index (Phi) is 4.68. The third-order valence-electron chi connectivity index (χ3n) is 2.84. The van der Waals surface area contributed by atoms with Gasteiger partial charge in [0.05, 0.1) is 7.11 Å². The highest BCUT2D eigenvalue weighted by molar-refractivity contribution is 9.10. The molecule has 0 aliphatic heterocycles. The monoisotopic (exact) mass is 353 g/mol. The number of anilines is 1. The van der Waals surface area contributed by atoms with E-state index in [4.69, 9.17) is 22.1 Å². The number of halogens is 2. The van der Waals surface area contributed by atoms with Crippen LogP contribution in [0.4, 0.5) is 5.69 Å². The molecule has 2 rings (SSSR count). The summed E-state index contributed by atoms with van der Waals surface area (Å²) in [4.78, 5) is 12.3. The third-order valence-corrected chi connectivity index (χ3v) is 3.53. The number of hydrogen-bond acceptors (Lipinski definition) is 3. The number of rotatable bonds is 4. The van der Waals surface area contributed by atoms with Crippen molar-refractivity contribution >= 4 is 39.0 Å². The molecule has 0 saturated heterocycles. The summed E-state index contributed by atoms with van der Waals surface area (Å²) in [6.45, 7) is 0. The van der Waals surface area contributed by atoms with Crippen LogP contribution in [-0.2, 0) is 6.42 Å². The second kappa shape index (κ2) is 6.29. The van der Waals surface area contributed by atoms with E-state index >= 15 is 0 Å². The third kappa shape index (κ3) is 3.52. The van der Waals surface area contributed by atoms with Crippen molar-refractivity contribution in [1.82, 2.24) is 0 Å². The smallest absolute Gasteiger partial charge is 0.167 e. The standard InChI is InChI=1S/C15H13BrClNO2/c1-20-15-3-2-12(17)5-10(15)7-14(19)9-4-11(16)8-13(18)6-9/h2-6,8H,7,18H2,1H3. The second-order valence-electron chi connectivity index (χ2n) is 4.33. The highest BCUT2D eigenvalue weighted by Crippen LogP contribution is 2.25. The minimum Gasteiger partial charge on any atom is -0.496 e. The Morgan fingerprint density at radius 3 is 2.70 bits per heavy atom. The summed E-state index contributed by atoms with van der Waals surface area (Å²) in [5.41, 5.74) is 7.59. The van der Waals surface area contributed by atoms with Crippen molar-refractivity contribution in [2.45, 2.75) is 6.42 Å². The fraction of sp³-hybridized carbons (Fsp3) is 0.133. The summed E-state index contributed by atoms with van der Waals surface area (Å²) in [5, 5.41) is 0.572. The van der Waals surface area contributed by atoms with Crippen molar-refractivity contribution in [2.75, 3.05) is 12.8 Å². The molecule has 0 aliphatic rings. The first-order valence-electron chi connectivity index (χ1n) is 5.91. The number of ketones is 1. The topological polar surface area (TPSA) is 52.3 Å². The molecule has 0 heterocycles. The van der Waals surface area contributed by atoms with E-state index in [1.165, 1.54) is 0 Å². The van der Waals surface area contributed by atoms with Gasteiger partial charge in [-0.25, -0.2) is 0 Å². The number of benzene rings is 2. The predicted molar refractivity (Wildman–Crippen MR) is 84.6 cm³/mol. The van der Waals surface area contributed by atoms with Crippen LogP contribution in [0, 0.1) is 0 Å². The number of carbonyl (C=O) groups excluding carboxylic acids is 1. The SMILES string of the molecule is COc1ccc(Cl)cc1CC(=O)c1cc(N)cc(Br)c1. The highest BCUT2D eigenvalue weighted by atomic mass is 79.9. The lowest BCUT2D eigenvalue weighted by molar-refractivity contribution is 0.0992. The van der Waals surface area contributed by atoms with E-state index in [2.05, 4.69) is 15.9 Å². The lowest BCUT2D eigenvalue weighted by atomic mass is 10.0. The van der Waals surface area contributed by atoms with Crippen LogP contribution in [-0.4, -0.2) is 12.9 Å². The van der Waals surface area contributed by atoms with Gasteiger partial charge in [-0.1, -0.05) is 27.5 Å². The molecule has 0 spiro atoms. The molecule has 0 saturated carbocycles. The largest absolute Gasteiger partial charge is 0.496 e. The van der Waals surface area contributed by atoms with Gasteiger partial charge in [0.25, 0.3) is 0 Å². The van der Waals surface area contributed by atoms with Crippen LogP contribution in [0.2, 0.25) is 5.02 Å². The Labute approximate surface area is 130 Å². The molecule has 0 aromatic heterocycles. The molecule has 20 heavy (non-hydrogen) atoms. The molecule has 0 bridgehead atoms. The Morgan fingerprint density at radius 1 is 1.30 bits per heavy atom. The molecule has 0 aliphatic carbocycles. The summed E-state index contributed by atoms with van der Waals surface area (Å²) in [7, 11) is 1.56. The van der Waals surface area contributed by atoms with Crippen molar-refractivity contribution in [3.63, 3.8) is 0 Å². The van der Waals surface area contributed by atoms with Gasteiger partial charge in [0.2, 0.25) is 0 Å². The van der Waals surface area contributed by atoms with Crippen molar-refractivity contribution < 1.29 is 9.53 Å². The number of hydrogen-bond donors (Lipinski definition) is 1. The quantitative estimate of drug-likeness (QED) is 0.664. The van der Waals surface area contributed by atoms with Crippen molar-refractivity contribution in [2.24, 2.45) is 0 Å². The first-order valence-corrected chi connectivity index (χ1v) is 7.08. The van der Waals surface area contributed by atoms with Crippen LogP contribution in [0.25, 0.3) is 0 Å². The molecule has 5 heteroatoms. The molecule has 0 atom stereocenters. The zero-order valence-corrected chi connectivity index (χ0v) is 13.2. The van der Waals surface area contributed by atoms with E-state index in [1.807, 2.05) is 0 Å². The molecule has 0 amide bonds. The lowest BCUT2D eigenvalue weighted by Gasteiger charge is -2.09. The normalized spacial score (nSPS) is 10.3. The first kappa shape index (κ1) is 14.9. The zero-order valence-electron chi connectivity index (χ0n) is 10.8. The van der Waals surface area contributed by atoms with Gasteiger partial charge in [-0.2, -0.15) is 0 Å². The Morgan fingerprint density at radius 2 is 2.05 bits per heavy atom. The molecule has 0 unspecified atom stereocenters. The van der Waals surface area contributed by atoms with Crippen LogP contribution < -0.4 is 10.5 Å². The number of nitrogens with two attached hydrogens (primary N) is 1. The van der Waals surface area contributed by atoms with E-state index in [0.29, 0.717) is 22.0 Å². The van der Waals surface area contributed by atoms with Crippen LogP contribution in [0.5, 0.6) is 5.75 Å². The maximum absolute atomic E-state index is 12.3. The van der Waals surface area contributed by atoms with Crippen molar-refractivity contribution in [1.29, 1.82) is 0 Å². The molecular weight excluding hydrogens is 342 g/mol. The van der Waals surface area contributed by atoms with Crippen LogP contribution >= 0.6 is 27.5 Å². The van der Waals surface area contributed by atoms with Crippen molar-refractivity contribution in [3.8, 4) is 5.75 Å². The molecule has 0 radical (unpaired) electrons. The van der Waals surface area contributed by atoms with E-state index in [9.17, 15) is 4.79 Å². The lowest BCUT2D eigenvalue weighted by Crippen LogP contribution is -2.06. The average Bonchev–Trinajstić information content (AvgIpc) is 2.37. The minimum absolute atomic E-state index is 0.0430. The Hall–Kier alpha value is -1.52. The Balaban J connectivity index is 2.29. The molecular formula is C15H13BrClNO2. The minimum atomic E-state index is -0.0430. The number of ether oxygens (including phenoxy) is 1. The molecule has 3 nitrogen and oxygen atoms in total. The van der Waals surface area contributed by atoms with Crippen LogP contribution in [0.1, 0.15) is 15.9 Å². The summed E-state index contributed by atoms with van der Waals surface area (Å²) in [6.07, 6.45) is 0.208. The van der Waals surface area contributed by atoms with Gasteiger partial charge in [0.15, 0.2) is 5.78 Å². The molecule has 0 fully saturated rings. The molecule has 2 aromatic rings. The summed E-state index contributed by atoms with van der Waals surface area (Å²) in [5.74, 6) is 0.601. The van der Waals surface area contributed by atoms with E-state index in [0.717, 1.165) is 10.0 Å². The Bertz CT molecular complexity index is 638. The summed E-state index contributed by atoms with van der Waals surface area (Å²) in [6, 6.07) is 10.4. The number of Topliss-reactive ketones (excluding diaryl/α,β-unsaturated/α-hetero) is 1. The van der Waals surface area contributed by atoms with Crippen molar-refractivity contribution in [3.05, 3.63) is 57.0 Å². The van der Waals surface area contributed by atoms with E-state index in [-0.39, 0.29) is 12.2 Å². The second-order valence-corrected chi connectivity index (χ2v) is 5.68. The number of carbonyl (C=O) groups is 1. The van der Waals surface area contributed by atoms with Gasteiger partial charge in [-0.3, -0.25) is 4.79 Å². The van der Waals surface area contributed by atoms with Gasteiger partial charge in [-0.05, 0) is 36.4 Å². The van der Waals surface area contributed by atoms with Gasteiger partial charge in [-0.15, -0.1) is 0 Å². The number of nitrogen functional groups attached to an aromatic ring is 1. The van der Waals surface area contributed by atoms with Crippen LogP contribution in [0.15, 0.2) is 40.9 Å². The number of methoxy groups -OCH3 is 1. The predicted octanol–water partition coefficient (Wildman–Crippen LogP) is 4.12. The fourth-order valence-corrected chi connectivity index (χ4v) is 2.64. The average molecular weight is 355 g/mol. The maximum Gasteiger partial charge on any atom is 0.167 e. The van der Waals surface area contributed by atoms with Gasteiger partial charge in [0, 0.05) is 32.7 Å².